The van der Waals surface area contributed by atoms with Crippen molar-refractivity contribution in [1.82, 2.24) is 0 Å². The van der Waals surface area contributed by atoms with E-state index in [2.05, 4.69) is 6.58 Å². The van der Waals surface area contributed by atoms with Crippen molar-refractivity contribution < 1.29 is 14.3 Å². The summed E-state index contributed by atoms with van der Waals surface area (Å²) in [4.78, 5) is 11.0. The summed E-state index contributed by atoms with van der Waals surface area (Å²) in [7, 11) is 0. The second-order valence-electron chi connectivity index (χ2n) is 3.73. The third-order valence-corrected chi connectivity index (χ3v) is 2.40. The molecular weight excluding hydrogens is 195 g/mol. The Balaban J connectivity index is 2.93. The zero-order valence-electron chi connectivity index (χ0n) is 8.53. The Morgan fingerprint density at radius 3 is 2.80 bits per heavy atom. The maximum absolute atomic E-state index is 12.9. The molecule has 0 fully saturated rings. The molecule has 15 heavy (non-hydrogen) atoms. The van der Waals surface area contributed by atoms with Crippen molar-refractivity contribution in [2.75, 3.05) is 0 Å². The summed E-state index contributed by atoms with van der Waals surface area (Å²) >= 11 is 0. The van der Waals surface area contributed by atoms with Crippen LogP contribution >= 0.6 is 0 Å². The summed E-state index contributed by atoms with van der Waals surface area (Å²) < 4.78 is 12.9. The van der Waals surface area contributed by atoms with Crippen LogP contribution in [0.1, 0.15) is 12.5 Å². The highest BCUT2D eigenvalue weighted by Crippen LogP contribution is 2.24. The monoisotopic (exact) mass is 208 g/mol. The zero-order chi connectivity index (χ0) is 11.5. The van der Waals surface area contributed by atoms with Crippen molar-refractivity contribution in [3.8, 4) is 0 Å². The van der Waals surface area contributed by atoms with Crippen LogP contribution in [0.25, 0.3) is 0 Å². The van der Waals surface area contributed by atoms with Crippen LogP contribution in [0.15, 0.2) is 36.9 Å². The molecule has 1 unspecified atom stereocenters. The number of hydrogen-bond acceptors (Lipinski definition) is 1. The molecule has 1 N–H and O–H groups in total. The normalized spacial score (nSPS) is 14.3. The van der Waals surface area contributed by atoms with Crippen molar-refractivity contribution in [3.63, 3.8) is 0 Å². The summed E-state index contributed by atoms with van der Waals surface area (Å²) in [5, 5.41) is 9.00. The van der Waals surface area contributed by atoms with Crippen molar-refractivity contribution in [1.29, 1.82) is 0 Å². The smallest absolute Gasteiger partial charge is 0.313 e. The standard InChI is InChI=1S/C12H13FO2/c1-3-12(2,11(14)15)8-9-5-4-6-10(13)7-9/h3-7H,1,8H2,2H3,(H,14,15). The van der Waals surface area contributed by atoms with E-state index in [4.69, 9.17) is 5.11 Å². The van der Waals surface area contributed by atoms with Crippen LogP contribution in [0.4, 0.5) is 4.39 Å². The van der Waals surface area contributed by atoms with Crippen LogP contribution in [-0.4, -0.2) is 11.1 Å². The minimum atomic E-state index is -1.05. The average molecular weight is 208 g/mol. The molecular formula is C12H13FO2. The van der Waals surface area contributed by atoms with Gasteiger partial charge in [-0.25, -0.2) is 4.39 Å². The lowest BCUT2D eigenvalue weighted by molar-refractivity contribution is -0.145. The molecule has 0 spiro atoms. The van der Waals surface area contributed by atoms with Gasteiger partial charge in [0.2, 0.25) is 0 Å². The molecule has 0 amide bonds. The van der Waals surface area contributed by atoms with Crippen LogP contribution in [0, 0.1) is 11.2 Å². The number of rotatable bonds is 4. The Hall–Kier alpha value is -1.64. The summed E-state index contributed by atoms with van der Waals surface area (Å²) in [6.45, 7) is 5.06. The second-order valence-corrected chi connectivity index (χ2v) is 3.73. The van der Waals surface area contributed by atoms with Gasteiger partial charge in [-0.2, -0.15) is 0 Å². The molecule has 1 atom stereocenters. The van der Waals surface area contributed by atoms with Crippen molar-refractivity contribution in [2.24, 2.45) is 5.41 Å². The highest BCUT2D eigenvalue weighted by Gasteiger charge is 2.29. The first-order valence-electron chi connectivity index (χ1n) is 4.59. The van der Waals surface area contributed by atoms with Gasteiger partial charge in [0.25, 0.3) is 0 Å². The minimum absolute atomic E-state index is 0.240. The molecule has 0 saturated heterocycles. The topological polar surface area (TPSA) is 37.3 Å². The maximum atomic E-state index is 12.9. The van der Waals surface area contributed by atoms with Crippen molar-refractivity contribution in [2.45, 2.75) is 13.3 Å². The lowest BCUT2D eigenvalue weighted by Gasteiger charge is -2.20. The number of carboxylic acid groups (broad SMARTS) is 1. The van der Waals surface area contributed by atoms with E-state index >= 15 is 0 Å². The lowest BCUT2D eigenvalue weighted by Crippen LogP contribution is -2.27. The molecule has 1 aromatic carbocycles. The third-order valence-electron chi connectivity index (χ3n) is 2.40. The van der Waals surface area contributed by atoms with Crippen LogP contribution < -0.4 is 0 Å². The first-order chi connectivity index (χ1) is 6.98. The molecule has 0 saturated carbocycles. The lowest BCUT2D eigenvalue weighted by atomic mass is 9.84. The van der Waals surface area contributed by atoms with Crippen LogP contribution in [-0.2, 0) is 11.2 Å². The molecule has 0 radical (unpaired) electrons. The number of benzene rings is 1. The van der Waals surface area contributed by atoms with Gasteiger partial charge < -0.3 is 5.11 Å². The molecule has 1 rings (SSSR count). The molecule has 2 nitrogen and oxygen atoms in total. The molecule has 80 valence electrons. The van der Waals surface area contributed by atoms with Gasteiger partial charge in [0.05, 0.1) is 5.41 Å². The first kappa shape index (κ1) is 11.4. The van der Waals surface area contributed by atoms with Gasteiger partial charge in [-0.15, -0.1) is 6.58 Å². The molecule has 3 heteroatoms. The van der Waals surface area contributed by atoms with Gasteiger partial charge in [-0.05, 0) is 31.0 Å². The Morgan fingerprint density at radius 1 is 1.67 bits per heavy atom. The van der Waals surface area contributed by atoms with Gasteiger partial charge in [-0.3, -0.25) is 4.79 Å². The van der Waals surface area contributed by atoms with E-state index in [0.717, 1.165) is 0 Å². The zero-order valence-corrected chi connectivity index (χ0v) is 8.53. The summed E-state index contributed by atoms with van der Waals surface area (Å²) in [6.07, 6.45) is 1.61. The number of hydrogen-bond donors (Lipinski definition) is 1. The minimum Gasteiger partial charge on any atom is -0.481 e. The fourth-order valence-corrected chi connectivity index (χ4v) is 1.31. The summed E-state index contributed by atoms with van der Waals surface area (Å²) in [5.41, 5.74) is -0.395. The number of aliphatic carboxylic acids is 1. The SMILES string of the molecule is C=CC(C)(Cc1cccc(F)c1)C(=O)O. The average Bonchev–Trinajstić information content (AvgIpc) is 2.17. The number of carbonyl (C=O) groups is 1. The Kier molecular flexibility index (Phi) is 3.24. The molecule has 0 aliphatic carbocycles. The fraction of sp³-hybridized carbons (Fsp3) is 0.250. The highest BCUT2D eigenvalue weighted by molar-refractivity contribution is 5.76. The van der Waals surface area contributed by atoms with Crippen LogP contribution in [0.2, 0.25) is 0 Å². The Morgan fingerprint density at radius 2 is 2.33 bits per heavy atom. The fourth-order valence-electron chi connectivity index (χ4n) is 1.31. The molecule has 0 heterocycles. The highest BCUT2D eigenvalue weighted by atomic mass is 19.1. The van der Waals surface area contributed by atoms with E-state index in [9.17, 15) is 9.18 Å². The predicted molar refractivity (Wildman–Crippen MR) is 56.0 cm³/mol. The van der Waals surface area contributed by atoms with E-state index in [1.165, 1.54) is 18.2 Å². The molecule has 0 bridgehead atoms. The van der Waals surface area contributed by atoms with Gasteiger partial charge in [0.15, 0.2) is 0 Å². The van der Waals surface area contributed by atoms with Crippen LogP contribution in [0.5, 0.6) is 0 Å². The second kappa shape index (κ2) is 4.26. The van der Waals surface area contributed by atoms with Gasteiger partial charge in [0, 0.05) is 0 Å². The van der Waals surface area contributed by atoms with E-state index in [1.54, 1.807) is 19.1 Å². The number of halogens is 1. The van der Waals surface area contributed by atoms with E-state index in [-0.39, 0.29) is 12.2 Å². The largest absolute Gasteiger partial charge is 0.481 e. The maximum Gasteiger partial charge on any atom is 0.313 e. The van der Waals surface area contributed by atoms with Gasteiger partial charge in [-0.1, -0.05) is 18.2 Å². The van der Waals surface area contributed by atoms with Gasteiger partial charge in [0.1, 0.15) is 5.82 Å². The van der Waals surface area contributed by atoms with E-state index in [0.29, 0.717) is 5.56 Å². The summed E-state index contributed by atoms with van der Waals surface area (Å²) in [6, 6.07) is 5.93. The predicted octanol–water partition coefficient (Wildman–Crippen LogP) is 2.65. The quantitative estimate of drug-likeness (QED) is 0.772. The molecule has 0 aliphatic rings. The first-order valence-corrected chi connectivity index (χ1v) is 4.59. The van der Waals surface area contributed by atoms with E-state index in [1.807, 2.05) is 0 Å². The van der Waals surface area contributed by atoms with Crippen molar-refractivity contribution >= 4 is 5.97 Å². The Labute approximate surface area is 88.1 Å². The van der Waals surface area contributed by atoms with E-state index < -0.39 is 11.4 Å². The Bertz CT molecular complexity index is 387. The third kappa shape index (κ3) is 2.65. The van der Waals surface area contributed by atoms with Crippen LogP contribution in [0.3, 0.4) is 0 Å². The van der Waals surface area contributed by atoms with Gasteiger partial charge >= 0.3 is 5.97 Å². The van der Waals surface area contributed by atoms with Crippen molar-refractivity contribution in [3.05, 3.63) is 48.3 Å². The number of carboxylic acids is 1. The molecule has 1 aromatic rings. The summed E-state index contributed by atoms with van der Waals surface area (Å²) in [5.74, 6) is -1.31. The molecule has 0 aromatic heterocycles. The molecule has 0 aliphatic heterocycles.